The Hall–Kier alpha value is -2.34. The van der Waals surface area contributed by atoms with Crippen LogP contribution in [0.5, 0.6) is 5.75 Å². The molecular weight excluding hydrogens is 316 g/mol. The Labute approximate surface area is 148 Å². The van der Waals surface area contributed by atoms with E-state index >= 15 is 0 Å². The molecule has 0 bridgehead atoms. The lowest BCUT2D eigenvalue weighted by atomic mass is 9.96. The monoisotopic (exact) mass is 342 g/mol. The Kier molecular flexibility index (Phi) is 5.71. The second-order valence-electron chi connectivity index (χ2n) is 6.55. The van der Waals surface area contributed by atoms with E-state index in [4.69, 9.17) is 10.5 Å². The highest BCUT2D eigenvalue weighted by atomic mass is 16.5. The lowest BCUT2D eigenvalue weighted by Crippen LogP contribution is -2.28. The summed E-state index contributed by atoms with van der Waals surface area (Å²) >= 11 is 0. The van der Waals surface area contributed by atoms with Crippen LogP contribution in [-0.2, 0) is 30.6 Å². The Morgan fingerprint density at radius 3 is 3.04 bits per heavy atom. The first-order valence-corrected chi connectivity index (χ1v) is 8.88. The predicted molar refractivity (Wildman–Crippen MR) is 96.4 cm³/mol. The number of hydrogen-bond donors (Lipinski definition) is 2. The van der Waals surface area contributed by atoms with Crippen LogP contribution >= 0.6 is 0 Å². The molecule has 3 N–H and O–H groups in total. The van der Waals surface area contributed by atoms with E-state index in [1.807, 2.05) is 31.3 Å². The molecule has 25 heavy (non-hydrogen) atoms. The summed E-state index contributed by atoms with van der Waals surface area (Å²) in [4.78, 5) is 14.3. The third-order valence-electron chi connectivity index (χ3n) is 4.60. The minimum absolute atomic E-state index is 0.0727. The van der Waals surface area contributed by atoms with Crippen LogP contribution in [0.2, 0.25) is 0 Å². The van der Waals surface area contributed by atoms with Gasteiger partial charge in [-0.25, -0.2) is 0 Å². The van der Waals surface area contributed by atoms with Gasteiger partial charge in [0.15, 0.2) is 0 Å². The number of carbonyl (C=O) groups excluding carboxylic acids is 1. The standard InChI is InChI=1S/C19H26N4O2/c1-23(13-18-16-7-2-3-8-17(16)21-22-18)19(24)12-14-5-4-6-15(11-14)25-10-9-20/h4-6,11H,2-3,7-10,12-13,20H2,1H3,(H,21,22). The molecule has 0 aliphatic heterocycles. The average molecular weight is 342 g/mol. The molecule has 1 aliphatic rings. The summed E-state index contributed by atoms with van der Waals surface area (Å²) in [6.45, 7) is 1.50. The normalized spacial score (nSPS) is 13.4. The van der Waals surface area contributed by atoms with Crippen molar-refractivity contribution in [2.24, 2.45) is 5.73 Å². The van der Waals surface area contributed by atoms with E-state index in [0.717, 1.165) is 29.8 Å². The molecule has 1 heterocycles. The van der Waals surface area contributed by atoms with Gasteiger partial charge in [0.2, 0.25) is 5.91 Å². The van der Waals surface area contributed by atoms with Gasteiger partial charge in [-0.05, 0) is 48.9 Å². The largest absolute Gasteiger partial charge is 0.492 e. The van der Waals surface area contributed by atoms with Crippen molar-refractivity contribution in [1.29, 1.82) is 0 Å². The minimum Gasteiger partial charge on any atom is -0.492 e. The average Bonchev–Trinajstić information content (AvgIpc) is 3.03. The van der Waals surface area contributed by atoms with Gasteiger partial charge >= 0.3 is 0 Å². The molecule has 134 valence electrons. The van der Waals surface area contributed by atoms with Crippen LogP contribution in [0.15, 0.2) is 24.3 Å². The smallest absolute Gasteiger partial charge is 0.227 e. The SMILES string of the molecule is CN(Cc1n[nH]c2c1CCCC2)C(=O)Cc1cccc(OCCN)c1. The quantitative estimate of drug-likeness (QED) is 0.804. The van der Waals surface area contributed by atoms with Crippen LogP contribution in [0.25, 0.3) is 0 Å². The molecule has 3 rings (SSSR count). The highest BCUT2D eigenvalue weighted by Crippen LogP contribution is 2.23. The number of benzene rings is 1. The Morgan fingerprint density at radius 1 is 1.36 bits per heavy atom. The summed E-state index contributed by atoms with van der Waals surface area (Å²) in [7, 11) is 1.83. The zero-order chi connectivity index (χ0) is 17.6. The number of aromatic nitrogens is 2. The van der Waals surface area contributed by atoms with Gasteiger partial charge in [0, 0.05) is 19.3 Å². The number of H-pyrrole nitrogens is 1. The van der Waals surface area contributed by atoms with Gasteiger partial charge < -0.3 is 15.4 Å². The highest BCUT2D eigenvalue weighted by molar-refractivity contribution is 5.78. The summed E-state index contributed by atoms with van der Waals surface area (Å²) in [5.41, 5.74) is 9.95. The van der Waals surface area contributed by atoms with Crippen molar-refractivity contribution in [3.05, 3.63) is 46.8 Å². The molecule has 2 aromatic rings. The van der Waals surface area contributed by atoms with Crippen molar-refractivity contribution < 1.29 is 9.53 Å². The molecule has 1 aromatic carbocycles. The van der Waals surface area contributed by atoms with E-state index in [1.54, 1.807) is 4.90 Å². The maximum atomic E-state index is 12.6. The van der Waals surface area contributed by atoms with Crippen molar-refractivity contribution >= 4 is 5.91 Å². The number of fused-ring (bicyclic) bond motifs is 1. The number of nitrogens with zero attached hydrogens (tertiary/aromatic N) is 2. The van der Waals surface area contributed by atoms with Crippen LogP contribution in [-0.4, -0.2) is 41.2 Å². The van der Waals surface area contributed by atoms with Gasteiger partial charge in [-0.15, -0.1) is 0 Å². The Balaban J connectivity index is 1.60. The zero-order valence-electron chi connectivity index (χ0n) is 14.8. The first-order chi connectivity index (χ1) is 12.2. The molecule has 1 aromatic heterocycles. The molecule has 1 aliphatic carbocycles. The summed E-state index contributed by atoms with van der Waals surface area (Å²) < 4.78 is 5.52. The number of nitrogens with two attached hydrogens (primary N) is 1. The van der Waals surface area contributed by atoms with Crippen molar-refractivity contribution in [3.8, 4) is 5.75 Å². The molecule has 0 saturated heterocycles. The van der Waals surface area contributed by atoms with E-state index in [-0.39, 0.29) is 5.91 Å². The van der Waals surface area contributed by atoms with Crippen LogP contribution in [0.4, 0.5) is 0 Å². The Bertz CT molecular complexity index is 726. The molecule has 0 radical (unpaired) electrons. The number of aryl methyl sites for hydroxylation is 1. The second kappa shape index (κ2) is 8.16. The molecular formula is C19H26N4O2. The molecule has 0 saturated carbocycles. The van der Waals surface area contributed by atoms with E-state index in [9.17, 15) is 4.79 Å². The minimum atomic E-state index is 0.0727. The van der Waals surface area contributed by atoms with Gasteiger partial charge in [0.05, 0.1) is 18.7 Å². The van der Waals surface area contributed by atoms with Gasteiger partial charge in [-0.2, -0.15) is 5.10 Å². The maximum absolute atomic E-state index is 12.6. The number of rotatable bonds is 7. The number of hydrogen-bond acceptors (Lipinski definition) is 4. The highest BCUT2D eigenvalue weighted by Gasteiger charge is 2.19. The fourth-order valence-electron chi connectivity index (χ4n) is 3.22. The maximum Gasteiger partial charge on any atom is 0.227 e. The molecule has 1 amide bonds. The van der Waals surface area contributed by atoms with Crippen LogP contribution < -0.4 is 10.5 Å². The third-order valence-corrected chi connectivity index (χ3v) is 4.60. The second-order valence-corrected chi connectivity index (χ2v) is 6.55. The Morgan fingerprint density at radius 2 is 2.20 bits per heavy atom. The summed E-state index contributed by atoms with van der Waals surface area (Å²) in [5, 5.41) is 7.56. The van der Waals surface area contributed by atoms with Crippen molar-refractivity contribution in [3.63, 3.8) is 0 Å². The fourth-order valence-corrected chi connectivity index (χ4v) is 3.22. The third kappa shape index (κ3) is 4.39. The van der Waals surface area contributed by atoms with Crippen LogP contribution in [0, 0.1) is 0 Å². The lowest BCUT2D eigenvalue weighted by molar-refractivity contribution is -0.129. The van der Waals surface area contributed by atoms with E-state index < -0.39 is 0 Å². The van der Waals surface area contributed by atoms with E-state index in [0.29, 0.717) is 26.1 Å². The zero-order valence-corrected chi connectivity index (χ0v) is 14.8. The first kappa shape index (κ1) is 17.5. The molecule has 0 unspecified atom stereocenters. The van der Waals surface area contributed by atoms with E-state index in [2.05, 4.69) is 10.2 Å². The molecule has 0 fully saturated rings. The number of amides is 1. The van der Waals surface area contributed by atoms with E-state index in [1.165, 1.54) is 24.1 Å². The number of nitrogens with one attached hydrogen (secondary N) is 1. The van der Waals surface area contributed by atoms with Crippen LogP contribution in [0.3, 0.4) is 0 Å². The van der Waals surface area contributed by atoms with Crippen molar-refractivity contribution in [2.75, 3.05) is 20.2 Å². The molecule has 6 nitrogen and oxygen atoms in total. The number of carbonyl (C=O) groups is 1. The topological polar surface area (TPSA) is 84.2 Å². The number of aromatic amines is 1. The molecule has 0 spiro atoms. The summed E-state index contributed by atoms with van der Waals surface area (Å²) in [6, 6.07) is 7.62. The first-order valence-electron chi connectivity index (χ1n) is 8.88. The van der Waals surface area contributed by atoms with Crippen LogP contribution in [0.1, 0.15) is 35.4 Å². The van der Waals surface area contributed by atoms with Gasteiger partial charge in [0.25, 0.3) is 0 Å². The van der Waals surface area contributed by atoms with Gasteiger partial charge in [0.1, 0.15) is 12.4 Å². The predicted octanol–water partition coefficient (Wildman–Crippen LogP) is 1.83. The number of likely N-dealkylation sites (N-methyl/N-ethyl adjacent to an activating group) is 1. The molecule has 0 atom stereocenters. The lowest BCUT2D eigenvalue weighted by Gasteiger charge is -2.18. The summed E-state index contributed by atoms with van der Waals surface area (Å²) in [6.07, 6.45) is 4.89. The molecule has 6 heteroatoms. The van der Waals surface area contributed by atoms with Gasteiger partial charge in [-0.3, -0.25) is 9.89 Å². The van der Waals surface area contributed by atoms with Gasteiger partial charge in [-0.1, -0.05) is 12.1 Å². The fraction of sp³-hybridized carbons (Fsp3) is 0.474. The van der Waals surface area contributed by atoms with Crippen molar-refractivity contribution in [1.82, 2.24) is 15.1 Å². The van der Waals surface area contributed by atoms with Crippen molar-refractivity contribution in [2.45, 2.75) is 38.6 Å². The summed E-state index contributed by atoms with van der Waals surface area (Å²) in [5.74, 6) is 0.823. The number of ether oxygens (including phenoxy) is 1.